The summed E-state index contributed by atoms with van der Waals surface area (Å²) in [5.74, 6) is 0.522. The van der Waals surface area contributed by atoms with Gasteiger partial charge in [-0.25, -0.2) is 4.99 Å². The standard InChI is InChI=1S/C22H21Cl2N3O4S/c1-4-9-27-21(29)19(32-22(27)26-13-5-7-15(23)16(24)10-13)12-20(28)25-14-6-8-17(30-2)18(11-14)31-3/h4-8,10-11,19H,1,9,12H2,2-3H3,(H,25,28). The summed E-state index contributed by atoms with van der Waals surface area (Å²) >= 11 is 13.2. The van der Waals surface area contributed by atoms with E-state index in [4.69, 9.17) is 32.7 Å². The first-order chi connectivity index (χ1) is 15.4. The van der Waals surface area contributed by atoms with Gasteiger partial charge in [0, 0.05) is 24.7 Å². The molecular weight excluding hydrogens is 473 g/mol. The number of amidine groups is 1. The smallest absolute Gasteiger partial charge is 0.242 e. The number of halogens is 2. The number of hydrogen-bond donors (Lipinski definition) is 1. The molecule has 0 spiro atoms. The Morgan fingerprint density at radius 2 is 1.94 bits per heavy atom. The van der Waals surface area contributed by atoms with Gasteiger partial charge in [-0.05, 0) is 30.3 Å². The third kappa shape index (κ3) is 5.56. The van der Waals surface area contributed by atoms with Crippen LogP contribution in [-0.2, 0) is 9.59 Å². The Kier molecular flexibility index (Phi) is 8.06. The van der Waals surface area contributed by atoms with E-state index in [-0.39, 0.29) is 24.8 Å². The Morgan fingerprint density at radius 1 is 1.19 bits per heavy atom. The minimum absolute atomic E-state index is 0.0219. The third-order valence-electron chi connectivity index (χ3n) is 4.50. The van der Waals surface area contributed by atoms with Crippen LogP contribution in [0.3, 0.4) is 0 Å². The highest BCUT2D eigenvalue weighted by Crippen LogP contribution is 2.34. The first-order valence-corrected chi connectivity index (χ1v) is 11.1. The van der Waals surface area contributed by atoms with E-state index in [1.165, 1.54) is 30.9 Å². The summed E-state index contributed by atoms with van der Waals surface area (Å²) in [6, 6.07) is 10.0. The summed E-state index contributed by atoms with van der Waals surface area (Å²) in [5, 5.41) is 3.43. The highest BCUT2D eigenvalue weighted by molar-refractivity contribution is 8.15. The average Bonchev–Trinajstić information content (AvgIpc) is 3.05. The second-order valence-electron chi connectivity index (χ2n) is 6.66. The van der Waals surface area contributed by atoms with E-state index in [1.54, 1.807) is 42.5 Å². The van der Waals surface area contributed by atoms with E-state index in [9.17, 15) is 9.59 Å². The second-order valence-corrected chi connectivity index (χ2v) is 8.64. The molecule has 0 aromatic heterocycles. The zero-order chi connectivity index (χ0) is 23.3. The molecule has 1 aliphatic rings. The van der Waals surface area contributed by atoms with Crippen LogP contribution in [0.4, 0.5) is 11.4 Å². The van der Waals surface area contributed by atoms with Crippen molar-refractivity contribution in [2.45, 2.75) is 11.7 Å². The maximum Gasteiger partial charge on any atom is 0.242 e. The van der Waals surface area contributed by atoms with Crippen molar-refractivity contribution in [2.24, 2.45) is 4.99 Å². The number of aliphatic imine (C=N–C) groups is 1. The first-order valence-electron chi connectivity index (χ1n) is 9.50. The van der Waals surface area contributed by atoms with Crippen molar-refractivity contribution in [3.05, 3.63) is 59.1 Å². The summed E-state index contributed by atoms with van der Waals surface area (Å²) in [4.78, 5) is 31.5. The first kappa shape index (κ1) is 24.0. The number of carbonyl (C=O) groups is 2. The summed E-state index contributed by atoms with van der Waals surface area (Å²) < 4.78 is 10.5. The molecule has 0 saturated carbocycles. The van der Waals surface area contributed by atoms with Gasteiger partial charge < -0.3 is 14.8 Å². The number of hydrogen-bond acceptors (Lipinski definition) is 6. The topological polar surface area (TPSA) is 80.2 Å². The Morgan fingerprint density at radius 3 is 2.59 bits per heavy atom. The van der Waals surface area contributed by atoms with Crippen molar-refractivity contribution < 1.29 is 19.1 Å². The SMILES string of the molecule is C=CCN1C(=O)C(CC(=O)Nc2ccc(OC)c(OC)c2)SC1=Nc1ccc(Cl)c(Cl)c1. The second kappa shape index (κ2) is 10.8. The normalized spacial score (nSPS) is 16.9. The number of benzene rings is 2. The lowest BCUT2D eigenvalue weighted by molar-refractivity contribution is -0.127. The van der Waals surface area contributed by atoms with E-state index >= 15 is 0 Å². The molecule has 2 aromatic rings. The van der Waals surface area contributed by atoms with Gasteiger partial charge in [0.2, 0.25) is 11.8 Å². The third-order valence-corrected chi connectivity index (χ3v) is 6.41. The summed E-state index contributed by atoms with van der Waals surface area (Å²) in [7, 11) is 3.05. The number of thioether (sulfide) groups is 1. The van der Waals surface area contributed by atoms with Crippen LogP contribution in [0.25, 0.3) is 0 Å². The predicted octanol–water partition coefficient (Wildman–Crippen LogP) is 5.16. The van der Waals surface area contributed by atoms with Crippen LogP contribution < -0.4 is 14.8 Å². The Labute approximate surface area is 200 Å². The minimum atomic E-state index is -0.614. The fraction of sp³-hybridized carbons (Fsp3) is 0.227. The summed E-state index contributed by atoms with van der Waals surface area (Å²) in [5.41, 5.74) is 1.09. The van der Waals surface area contributed by atoms with Gasteiger partial charge in [0.05, 0.1) is 30.0 Å². The van der Waals surface area contributed by atoms with Gasteiger partial charge in [0.15, 0.2) is 16.7 Å². The van der Waals surface area contributed by atoms with Gasteiger partial charge in [0.25, 0.3) is 0 Å². The van der Waals surface area contributed by atoms with E-state index in [0.29, 0.717) is 38.1 Å². The Balaban J connectivity index is 1.74. The molecular formula is C22H21Cl2N3O4S. The van der Waals surface area contributed by atoms with Gasteiger partial charge in [-0.1, -0.05) is 41.0 Å². The summed E-state index contributed by atoms with van der Waals surface area (Å²) in [6.45, 7) is 3.98. The van der Waals surface area contributed by atoms with Gasteiger partial charge in [-0.3, -0.25) is 14.5 Å². The molecule has 3 rings (SSSR count). The van der Waals surface area contributed by atoms with Crippen LogP contribution in [-0.4, -0.2) is 47.9 Å². The predicted molar refractivity (Wildman–Crippen MR) is 130 cm³/mol. The van der Waals surface area contributed by atoms with E-state index in [0.717, 1.165) is 0 Å². The van der Waals surface area contributed by atoms with Crippen molar-refractivity contribution in [3.63, 3.8) is 0 Å². The molecule has 32 heavy (non-hydrogen) atoms. The quantitative estimate of drug-likeness (QED) is 0.513. The molecule has 10 heteroatoms. The number of nitrogens with zero attached hydrogens (tertiary/aromatic N) is 2. The number of nitrogens with one attached hydrogen (secondary N) is 1. The molecule has 7 nitrogen and oxygen atoms in total. The van der Waals surface area contributed by atoms with Crippen molar-refractivity contribution in [2.75, 3.05) is 26.1 Å². The van der Waals surface area contributed by atoms with Gasteiger partial charge in [-0.2, -0.15) is 0 Å². The number of amides is 2. The Bertz CT molecular complexity index is 1080. The molecule has 1 aliphatic heterocycles. The zero-order valence-corrected chi connectivity index (χ0v) is 19.8. The number of methoxy groups -OCH3 is 2. The fourth-order valence-electron chi connectivity index (χ4n) is 2.98. The number of ether oxygens (including phenoxy) is 2. The molecule has 1 atom stereocenters. The average molecular weight is 494 g/mol. The fourth-order valence-corrected chi connectivity index (χ4v) is 4.44. The van der Waals surface area contributed by atoms with E-state index in [2.05, 4.69) is 16.9 Å². The molecule has 1 heterocycles. The van der Waals surface area contributed by atoms with Gasteiger partial charge in [0.1, 0.15) is 5.25 Å². The molecule has 1 fully saturated rings. The summed E-state index contributed by atoms with van der Waals surface area (Å²) in [6.07, 6.45) is 1.58. The van der Waals surface area contributed by atoms with Crippen molar-refractivity contribution in [1.29, 1.82) is 0 Å². The van der Waals surface area contributed by atoms with E-state index in [1.807, 2.05) is 0 Å². The van der Waals surface area contributed by atoms with E-state index < -0.39 is 5.25 Å². The number of carbonyl (C=O) groups excluding carboxylic acids is 2. The zero-order valence-electron chi connectivity index (χ0n) is 17.4. The van der Waals surface area contributed by atoms with Crippen LogP contribution in [0.5, 0.6) is 11.5 Å². The molecule has 168 valence electrons. The number of rotatable bonds is 8. The lowest BCUT2D eigenvalue weighted by Crippen LogP contribution is -2.33. The lowest BCUT2D eigenvalue weighted by Gasteiger charge is -2.14. The van der Waals surface area contributed by atoms with Crippen molar-refractivity contribution in [3.8, 4) is 11.5 Å². The molecule has 2 aromatic carbocycles. The highest BCUT2D eigenvalue weighted by atomic mass is 35.5. The molecule has 0 aliphatic carbocycles. The number of anilines is 1. The van der Waals surface area contributed by atoms with Crippen LogP contribution in [0.1, 0.15) is 6.42 Å². The van der Waals surface area contributed by atoms with Crippen LogP contribution in [0.2, 0.25) is 10.0 Å². The van der Waals surface area contributed by atoms with Crippen LogP contribution in [0.15, 0.2) is 54.0 Å². The molecule has 2 amide bonds. The molecule has 1 N–H and O–H groups in total. The van der Waals surface area contributed by atoms with Crippen molar-refractivity contribution >= 4 is 63.3 Å². The minimum Gasteiger partial charge on any atom is -0.493 e. The van der Waals surface area contributed by atoms with Gasteiger partial charge in [-0.15, -0.1) is 6.58 Å². The Hall–Kier alpha value is -2.68. The molecule has 0 bridgehead atoms. The lowest BCUT2D eigenvalue weighted by atomic mass is 10.2. The van der Waals surface area contributed by atoms with Crippen LogP contribution >= 0.6 is 35.0 Å². The molecule has 1 saturated heterocycles. The monoisotopic (exact) mass is 493 g/mol. The van der Waals surface area contributed by atoms with Gasteiger partial charge >= 0.3 is 0 Å². The molecule has 0 radical (unpaired) electrons. The largest absolute Gasteiger partial charge is 0.493 e. The highest BCUT2D eigenvalue weighted by Gasteiger charge is 2.38. The maximum atomic E-state index is 12.9. The van der Waals surface area contributed by atoms with Crippen molar-refractivity contribution in [1.82, 2.24) is 4.90 Å². The maximum absolute atomic E-state index is 12.9. The van der Waals surface area contributed by atoms with Crippen LogP contribution in [0, 0.1) is 0 Å². The molecule has 1 unspecified atom stereocenters.